The molecule has 3 nitrogen and oxygen atoms in total. The SMILES string of the molecule is CC(C)Oc1ccccc1C(F)C(=O)O. The average molecular weight is 212 g/mol. The molecule has 0 aliphatic rings. The van der Waals surface area contributed by atoms with E-state index < -0.39 is 12.1 Å². The van der Waals surface area contributed by atoms with Crippen LogP contribution in [0.3, 0.4) is 0 Å². The Labute approximate surface area is 87.5 Å². The van der Waals surface area contributed by atoms with Crippen molar-refractivity contribution in [3.8, 4) is 5.75 Å². The third kappa shape index (κ3) is 2.94. The monoisotopic (exact) mass is 212 g/mol. The van der Waals surface area contributed by atoms with Gasteiger partial charge in [-0.15, -0.1) is 0 Å². The van der Waals surface area contributed by atoms with Crippen LogP contribution in [0.4, 0.5) is 4.39 Å². The molecule has 0 aliphatic heterocycles. The average Bonchev–Trinajstić information content (AvgIpc) is 2.16. The molecule has 82 valence electrons. The Hall–Kier alpha value is -1.58. The van der Waals surface area contributed by atoms with Gasteiger partial charge in [0.1, 0.15) is 5.75 Å². The van der Waals surface area contributed by atoms with Crippen LogP contribution in [-0.4, -0.2) is 17.2 Å². The summed E-state index contributed by atoms with van der Waals surface area (Å²) in [6, 6.07) is 6.23. The number of carboxylic acids is 1. The smallest absolute Gasteiger partial charge is 0.343 e. The molecule has 0 fully saturated rings. The molecule has 1 aromatic rings. The van der Waals surface area contributed by atoms with Crippen LogP contribution in [0.25, 0.3) is 0 Å². The summed E-state index contributed by atoms with van der Waals surface area (Å²) in [5.74, 6) is -1.22. The molecule has 0 saturated heterocycles. The van der Waals surface area contributed by atoms with Gasteiger partial charge in [-0.1, -0.05) is 18.2 Å². The Morgan fingerprint density at radius 3 is 2.53 bits per heavy atom. The number of benzene rings is 1. The number of hydrogen-bond donors (Lipinski definition) is 1. The fraction of sp³-hybridized carbons (Fsp3) is 0.364. The van der Waals surface area contributed by atoms with Crippen molar-refractivity contribution in [2.75, 3.05) is 0 Å². The van der Waals surface area contributed by atoms with Gasteiger partial charge in [0.15, 0.2) is 0 Å². The van der Waals surface area contributed by atoms with Gasteiger partial charge in [0.05, 0.1) is 6.10 Å². The van der Waals surface area contributed by atoms with Gasteiger partial charge in [-0.3, -0.25) is 0 Å². The number of carbonyl (C=O) groups is 1. The van der Waals surface area contributed by atoms with Crippen molar-refractivity contribution in [1.29, 1.82) is 0 Å². The van der Waals surface area contributed by atoms with Gasteiger partial charge >= 0.3 is 5.97 Å². The minimum atomic E-state index is -2.04. The lowest BCUT2D eigenvalue weighted by Gasteiger charge is -2.14. The molecule has 0 radical (unpaired) electrons. The van der Waals surface area contributed by atoms with Gasteiger partial charge in [-0.05, 0) is 19.9 Å². The molecule has 0 bridgehead atoms. The molecule has 0 spiro atoms. The molecule has 1 N–H and O–H groups in total. The Morgan fingerprint density at radius 2 is 2.00 bits per heavy atom. The molecule has 1 rings (SSSR count). The van der Waals surface area contributed by atoms with Crippen molar-refractivity contribution < 1.29 is 19.0 Å². The lowest BCUT2D eigenvalue weighted by molar-refractivity contribution is -0.143. The fourth-order valence-corrected chi connectivity index (χ4v) is 1.18. The molecule has 0 aromatic heterocycles. The maximum atomic E-state index is 13.3. The van der Waals surface area contributed by atoms with Crippen molar-refractivity contribution in [3.63, 3.8) is 0 Å². The van der Waals surface area contributed by atoms with E-state index in [0.717, 1.165) is 0 Å². The summed E-state index contributed by atoms with van der Waals surface area (Å²) in [7, 11) is 0. The molecule has 4 heteroatoms. The topological polar surface area (TPSA) is 46.5 Å². The molecule has 0 heterocycles. The molecule has 0 amide bonds. The highest BCUT2D eigenvalue weighted by Crippen LogP contribution is 2.28. The molecule has 1 atom stereocenters. The van der Waals surface area contributed by atoms with Gasteiger partial charge in [-0.2, -0.15) is 0 Å². The quantitative estimate of drug-likeness (QED) is 0.834. The maximum Gasteiger partial charge on any atom is 0.343 e. The lowest BCUT2D eigenvalue weighted by Crippen LogP contribution is -2.11. The summed E-state index contributed by atoms with van der Waals surface area (Å²) in [5, 5.41) is 8.56. The summed E-state index contributed by atoms with van der Waals surface area (Å²) in [6.07, 6.45) is -2.16. The highest BCUT2D eigenvalue weighted by atomic mass is 19.1. The van der Waals surface area contributed by atoms with E-state index in [1.165, 1.54) is 6.07 Å². The summed E-state index contributed by atoms with van der Waals surface area (Å²) in [6.45, 7) is 3.59. The summed E-state index contributed by atoms with van der Waals surface area (Å²) < 4.78 is 18.6. The van der Waals surface area contributed by atoms with E-state index in [2.05, 4.69) is 0 Å². The van der Waals surface area contributed by atoms with E-state index in [9.17, 15) is 9.18 Å². The highest BCUT2D eigenvalue weighted by molar-refractivity contribution is 5.75. The first-order valence-electron chi connectivity index (χ1n) is 4.65. The van der Waals surface area contributed by atoms with Gasteiger partial charge in [-0.25, -0.2) is 9.18 Å². The van der Waals surface area contributed by atoms with Gasteiger partial charge < -0.3 is 9.84 Å². The second-order valence-electron chi connectivity index (χ2n) is 3.41. The Kier molecular flexibility index (Phi) is 3.66. The van der Waals surface area contributed by atoms with Crippen LogP contribution in [0.5, 0.6) is 5.75 Å². The van der Waals surface area contributed by atoms with Crippen LogP contribution < -0.4 is 4.74 Å². The van der Waals surface area contributed by atoms with E-state index in [-0.39, 0.29) is 17.4 Å². The van der Waals surface area contributed by atoms with E-state index in [1.54, 1.807) is 32.0 Å². The minimum absolute atomic E-state index is 0.0544. The molecule has 1 unspecified atom stereocenters. The number of alkyl halides is 1. The third-order valence-corrected chi connectivity index (χ3v) is 1.77. The minimum Gasteiger partial charge on any atom is -0.491 e. The van der Waals surface area contributed by atoms with E-state index in [1.807, 2.05) is 0 Å². The van der Waals surface area contributed by atoms with Crippen molar-refractivity contribution in [2.24, 2.45) is 0 Å². The van der Waals surface area contributed by atoms with E-state index in [4.69, 9.17) is 9.84 Å². The molecule has 0 aliphatic carbocycles. The standard InChI is InChI=1S/C11H13FO3/c1-7(2)15-9-6-4-3-5-8(9)10(12)11(13)14/h3-7,10H,1-2H3,(H,13,14). The van der Waals surface area contributed by atoms with E-state index >= 15 is 0 Å². The zero-order chi connectivity index (χ0) is 11.4. The normalized spacial score (nSPS) is 12.5. The summed E-state index contributed by atoms with van der Waals surface area (Å²) >= 11 is 0. The number of halogens is 1. The van der Waals surface area contributed by atoms with Gasteiger partial charge in [0.2, 0.25) is 6.17 Å². The number of carboxylic acid groups (broad SMARTS) is 1. The number of rotatable bonds is 4. The lowest BCUT2D eigenvalue weighted by atomic mass is 10.1. The first kappa shape index (κ1) is 11.5. The molecular weight excluding hydrogens is 199 g/mol. The van der Waals surface area contributed by atoms with Crippen molar-refractivity contribution >= 4 is 5.97 Å². The van der Waals surface area contributed by atoms with Crippen LogP contribution in [0.2, 0.25) is 0 Å². The Bertz CT molecular complexity index is 349. The largest absolute Gasteiger partial charge is 0.491 e. The van der Waals surface area contributed by atoms with Gasteiger partial charge in [0, 0.05) is 5.56 Å². The predicted molar refractivity (Wildman–Crippen MR) is 53.7 cm³/mol. The van der Waals surface area contributed by atoms with Crippen molar-refractivity contribution in [2.45, 2.75) is 26.1 Å². The molecule has 1 aromatic carbocycles. The van der Waals surface area contributed by atoms with Crippen LogP contribution >= 0.6 is 0 Å². The Morgan fingerprint density at radius 1 is 1.40 bits per heavy atom. The number of para-hydroxylation sites is 1. The predicted octanol–water partition coefficient (Wildman–Crippen LogP) is 2.57. The van der Waals surface area contributed by atoms with Crippen LogP contribution in [0, 0.1) is 0 Å². The third-order valence-electron chi connectivity index (χ3n) is 1.77. The Balaban J connectivity index is 3.00. The molecular formula is C11H13FO3. The fourth-order valence-electron chi connectivity index (χ4n) is 1.18. The number of hydrogen-bond acceptors (Lipinski definition) is 2. The zero-order valence-corrected chi connectivity index (χ0v) is 8.61. The second kappa shape index (κ2) is 4.77. The second-order valence-corrected chi connectivity index (χ2v) is 3.41. The van der Waals surface area contributed by atoms with Crippen molar-refractivity contribution in [3.05, 3.63) is 29.8 Å². The maximum absolute atomic E-state index is 13.3. The van der Waals surface area contributed by atoms with Gasteiger partial charge in [0.25, 0.3) is 0 Å². The first-order chi connectivity index (χ1) is 7.02. The zero-order valence-electron chi connectivity index (χ0n) is 8.61. The van der Waals surface area contributed by atoms with Crippen LogP contribution in [-0.2, 0) is 4.79 Å². The first-order valence-corrected chi connectivity index (χ1v) is 4.65. The number of ether oxygens (including phenoxy) is 1. The number of aliphatic carboxylic acids is 1. The van der Waals surface area contributed by atoms with Crippen LogP contribution in [0.1, 0.15) is 25.6 Å². The summed E-state index contributed by atoms with van der Waals surface area (Å²) in [4.78, 5) is 10.5. The van der Waals surface area contributed by atoms with Crippen LogP contribution in [0.15, 0.2) is 24.3 Å². The molecule has 15 heavy (non-hydrogen) atoms. The van der Waals surface area contributed by atoms with Crippen molar-refractivity contribution in [1.82, 2.24) is 0 Å². The summed E-state index contributed by atoms with van der Waals surface area (Å²) in [5.41, 5.74) is 0.0544. The van der Waals surface area contributed by atoms with E-state index in [0.29, 0.717) is 0 Å². The highest BCUT2D eigenvalue weighted by Gasteiger charge is 2.22. The molecule has 0 saturated carbocycles.